The van der Waals surface area contributed by atoms with Crippen molar-refractivity contribution in [2.24, 2.45) is 0 Å². The van der Waals surface area contributed by atoms with E-state index in [0.717, 1.165) is 4.57 Å². The van der Waals surface area contributed by atoms with Crippen LogP contribution in [0.15, 0.2) is 47.2 Å². The van der Waals surface area contributed by atoms with Gasteiger partial charge in [0.15, 0.2) is 0 Å². The summed E-state index contributed by atoms with van der Waals surface area (Å²) in [6, 6.07) is 7.42. The van der Waals surface area contributed by atoms with E-state index in [1.165, 1.54) is 35.2 Å². The number of halogens is 5. The van der Waals surface area contributed by atoms with Crippen molar-refractivity contribution in [1.82, 2.24) is 24.6 Å². The fraction of sp³-hybridized carbons (Fsp3) is 0.250. The van der Waals surface area contributed by atoms with Crippen molar-refractivity contribution in [1.29, 1.82) is 0 Å². The number of anilines is 1. The van der Waals surface area contributed by atoms with E-state index in [-0.39, 0.29) is 35.0 Å². The minimum absolute atomic E-state index is 0.0469. The summed E-state index contributed by atoms with van der Waals surface area (Å²) in [6.45, 7) is -2.05. The smallest absolute Gasteiger partial charge is 0.398 e. The van der Waals surface area contributed by atoms with Gasteiger partial charge in [-0.2, -0.15) is 18.2 Å². The number of hydrogen-bond acceptors (Lipinski definition) is 5. The van der Waals surface area contributed by atoms with Crippen LogP contribution in [0.3, 0.4) is 0 Å². The normalized spacial score (nSPS) is 12.1. The number of carbonyl (C=O) groups is 1. The molecule has 8 nitrogen and oxygen atoms in total. The maximum Gasteiger partial charge on any atom is 0.406 e. The Bertz CT molecular complexity index is 1290. The highest BCUT2D eigenvalue weighted by Gasteiger charge is 2.31. The molecule has 0 radical (unpaired) electrons. The predicted molar refractivity (Wildman–Crippen MR) is 107 cm³/mol. The summed E-state index contributed by atoms with van der Waals surface area (Å²) >= 11 is 0. The Morgan fingerprint density at radius 3 is 2.76 bits per heavy atom. The van der Waals surface area contributed by atoms with Crippen molar-refractivity contribution in [2.75, 3.05) is 5.73 Å². The number of nitrogen functional groups attached to an aromatic ring is 1. The monoisotopic (exact) mass is 468 g/mol. The lowest BCUT2D eigenvalue weighted by Crippen LogP contribution is -2.22. The van der Waals surface area contributed by atoms with Gasteiger partial charge in [0, 0.05) is 23.5 Å². The summed E-state index contributed by atoms with van der Waals surface area (Å²) < 4.78 is 71.6. The van der Waals surface area contributed by atoms with Crippen LogP contribution in [-0.2, 0) is 19.6 Å². The molecule has 0 bridgehead atoms. The molecule has 3 N–H and O–H groups in total. The van der Waals surface area contributed by atoms with E-state index in [2.05, 4.69) is 15.5 Å². The van der Waals surface area contributed by atoms with Gasteiger partial charge in [-0.3, -0.25) is 4.79 Å². The van der Waals surface area contributed by atoms with Gasteiger partial charge in [-0.1, -0.05) is 11.2 Å². The van der Waals surface area contributed by atoms with Crippen LogP contribution in [0.1, 0.15) is 16.2 Å². The summed E-state index contributed by atoms with van der Waals surface area (Å²) in [5.74, 6) is -0.730. The highest BCUT2D eigenvalue weighted by molar-refractivity contribution is 5.95. The molecule has 0 fully saturated rings. The lowest BCUT2D eigenvalue weighted by Gasteiger charge is -2.11. The number of carbonyl (C=O) groups excluding carboxylic acids is 1. The average Bonchev–Trinajstić information content (AvgIpc) is 3.44. The van der Waals surface area contributed by atoms with E-state index in [4.69, 9.17) is 10.3 Å². The van der Waals surface area contributed by atoms with Crippen molar-refractivity contribution < 1.29 is 31.3 Å². The third-order valence-electron chi connectivity index (χ3n) is 4.78. The van der Waals surface area contributed by atoms with E-state index >= 15 is 0 Å². The number of hydrogen-bond donors (Lipinski definition) is 2. The van der Waals surface area contributed by atoms with E-state index in [1.54, 1.807) is 12.1 Å². The average molecular weight is 468 g/mol. The molecule has 4 aromatic rings. The van der Waals surface area contributed by atoms with Crippen LogP contribution in [0.2, 0.25) is 0 Å². The Labute approximate surface area is 182 Å². The van der Waals surface area contributed by atoms with Gasteiger partial charge in [0.2, 0.25) is 11.7 Å². The number of benzene rings is 1. The Hall–Kier alpha value is -3.90. The quantitative estimate of drug-likeness (QED) is 0.317. The van der Waals surface area contributed by atoms with Crippen LogP contribution in [0.25, 0.3) is 22.4 Å². The number of aromatic nitrogens is 4. The lowest BCUT2D eigenvalue weighted by molar-refractivity contribution is -0.139. The van der Waals surface area contributed by atoms with Gasteiger partial charge in [-0.25, -0.2) is 8.78 Å². The number of rotatable bonds is 7. The van der Waals surface area contributed by atoms with E-state index in [1.807, 2.05) is 0 Å². The van der Waals surface area contributed by atoms with Crippen LogP contribution in [0.4, 0.5) is 27.6 Å². The minimum atomic E-state index is -4.51. The van der Waals surface area contributed by atoms with E-state index in [0.29, 0.717) is 11.1 Å². The van der Waals surface area contributed by atoms with Gasteiger partial charge in [-0.05, 0) is 24.3 Å². The molecule has 1 amide bonds. The van der Waals surface area contributed by atoms with Crippen LogP contribution in [0, 0.1) is 0 Å². The molecule has 0 aliphatic rings. The van der Waals surface area contributed by atoms with Crippen molar-refractivity contribution in [2.45, 2.75) is 32.2 Å². The van der Waals surface area contributed by atoms with Crippen molar-refractivity contribution in [3.05, 3.63) is 54.2 Å². The van der Waals surface area contributed by atoms with Gasteiger partial charge >= 0.3 is 6.18 Å². The van der Waals surface area contributed by atoms with Crippen LogP contribution >= 0.6 is 0 Å². The first-order chi connectivity index (χ1) is 15.6. The maximum atomic E-state index is 13.2. The summed E-state index contributed by atoms with van der Waals surface area (Å²) in [4.78, 5) is 16.3. The van der Waals surface area contributed by atoms with E-state index < -0.39 is 31.6 Å². The number of fused-ring (bicyclic) bond motifs is 1. The molecule has 13 heteroatoms. The van der Waals surface area contributed by atoms with E-state index in [9.17, 15) is 26.7 Å². The Morgan fingerprint density at radius 1 is 1.24 bits per heavy atom. The maximum absolute atomic E-state index is 13.2. The van der Waals surface area contributed by atoms with Gasteiger partial charge in [-0.15, -0.1) is 0 Å². The number of nitrogens with two attached hydrogens (primary N) is 1. The molecule has 33 heavy (non-hydrogen) atoms. The summed E-state index contributed by atoms with van der Waals surface area (Å²) in [5.41, 5.74) is 6.65. The second kappa shape index (κ2) is 8.56. The second-order valence-corrected chi connectivity index (χ2v) is 7.19. The predicted octanol–water partition coefficient (Wildman–Crippen LogP) is 3.83. The number of alkyl halides is 5. The summed E-state index contributed by atoms with van der Waals surface area (Å²) in [6.07, 6.45) is -4.46. The van der Waals surface area contributed by atoms with Crippen molar-refractivity contribution in [3.8, 4) is 11.5 Å². The molecular formula is C20H17F5N6O2. The SMILES string of the molecule is Nc1cccc2c1cc(-c1noc(CNC(=O)c3ccn(CC(F)F)c3)n1)n2CC(F)(F)F. The molecule has 3 aromatic heterocycles. The van der Waals surface area contributed by atoms with Gasteiger partial charge in [0.25, 0.3) is 12.3 Å². The molecule has 3 heterocycles. The number of nitrogens with one attached hydrogen (secondary N) is 1. The Balaban J connectivity index is 1.53. The molecule has 4 rings (SSSR count). The molecular weight excluding hydrogens is 451 g/mol. The Kier molecular flexibility index (Phi) is 5.78. The van der Waals surface area contributed by atoms with Crippen LogP contribution in [-0.4, -0.2) is 37.8 Å². The largest absolute Gasteiger partial charge is 0.406 e. The molecule has 174 valence electrons. The molecule has 0 aliphatic heterocycles. The molecule has 0 saturated carbocycles. The lowest BCUT2D eigenvalue weighted by atomic mass is 10.2. The molecule has 0 spiro atoms. The zero-order valence-electron chi connectivity index (χ0n) is 16.8. The fourth-order valence-electron chi connectivity index (χ4n) is 3.38. The summed E-state index contributed by atoms with van der Waals surface area (Å²) in [5, 5.41) is 6.64. The third kappa shape index (κ3) is 4.96. The first-order valence-corrected chi connectivity index (χ1v) is 9.60. The number of amides is 1. The second-order valence-electron chi connectivity index (χ2n) is 7.19. The van der Waals surface area contributed by atoms with Gasteiger partial charge in [0.1, 0.15) is 6.54 Å². The van der Waals surface area contributed by atoms with Crippen molar-refractivity contribution >= 4 is 22.5 Å². The zero-order valence-corrected chi connectivity index (χ0v) is 16.8. The van der Waals surface area contributed by atoms with Gasteiger partial charge < -0.3 is 24.7 Å². The standard InChI is InChI=1S/C20H17F5N6O2/c21-16(22)9-30-5-4-11(8-30)19(32)27-7-17-28-18(29-33-17)15-6-12-13(26)2-1-3-14(12)31(15)10-20(23,24)25/h1-6,8,16H,7,9-10,26H2,(H,27,32). The fourth-order valence-corrected chi connectivity index (χ4v) is 3.38. The first-order valence-electron chi connectivity index (χ1n) is 9.60. The topological polar surface area (TPSA) is 104 Å². The molecule has 0 atom stereocenters. The van der Waals surface area contributed by atoms with Crippen molar-refractivity contribution in [3.63, 3.8) is 0 Å². The molecule has 0 aliphatic carbocycles. The highest BCUT2D eigenvalue weighted by Crippen LogP contribution is 2.32. The minimum Gasteiger partial charge on any atom is -0.398 e. The Morgan fingerprint density at radius 2 is 2.03 bits per heavy atom. The first kappa shape index (κ1) is 22.3. The van der Waals surface area contributed by atoms with Gasteiger partial charge in [0.05, 0.1) is 29.9 Å². The third-order valence-corrected chi connectivity index (χ3v) is 4.78. The highest BCUT2D eigenvalue weighted by atomic mass is 19.4. The molecule has 0 unspecified atom stereocenters. The molecule has 0 saturated heterocycles. The van der Waals surface area contributed by atoms with Crippen LogP contribution in [0.5, 0.6) is 0 Å². The zero-order chi connectivity index (χ0) is 23.8. The number of nitrogens with zero attached hydrogens (tertiary/aromatic N) is 4. The molecule has 1 aromatic carbocycles. The summed E-state index contributed by atoms with van der Waals surface area (Å²) in [7, 11) is 0. The van der Waals surface area contributed by atoms with Crippen LogP contribution < -0.4 is 11.1 Å².